The van der Waals surface area contributed by atoms with E-state index in [0.29, 0.717) is 45.9 Å². The fourth-order valence-electron chi connectivity index (χ4n) is 4.50. The van der Waals surface area contributed by atoms with Crippen LogP contribution in [0.2, 0.25) is 0 Å². The zero-order valence-electron chi connectivity index (χ0n) is 20.8. The number of aromatic nitrogens is 6. The fourth-order valence-corrected chi connectivity index (χ4v) is 4.50. The summed E-state index contributed by atoms with van der Waals surface area (Å²) in [4.78, 5) is 18.4. The van der Waals surface area contributed by atoms with E-state index in [0.717, 1.165) is 17.6 Å². The first-order chi connectivity index (χ1) is 18.5. The predicted molar refractivity (Wildman–Crippen MR) is 145 cm³/mol. The van der Waals surface area contributed by atoms with E-state index in [2.05, 4.69) is 35.4 Å². The molecule has 0 aliphatic rings. The third-order valence-corrected chi connectivity index (χ3v) is 6.31. The van der Waals surface area contributed by atoms with E-state index in [1.165, 1.54) is 12.1 Å². The van der Waals surface area contributed by atoms with Crippen LogP contribution in [-0.4, -0.2) is 62.2 Å². The minimum absolute atomic E-state index is 0.180. The molecule has 0 saturated carbocycles. The molecule has 38 heavy (non-hydrogen) atoms. The minimum atomic E-state index is -0.515. The van der Waals surface area contributed by atoms with E-state index in [9.17, 15) is 4.39 Å². The quantitative estimate of drug-likeness (QED) is 0.263. The van der Waals surface area contributed by atoms with Crippen molar-refractivity contribution in [1.82, 2.24) is 35.0 Å². The highest BCUT2D eigenvalue weighted by atomic mass is 19.1. The Balaban J connectivity index is 1.43. The number of aromatic amines is 2. The van der Waals surface area contributed by atoms with Crippen molar-refractivity contribution in [3.8, 4) is 33.9 Å². The van der Waals surface area contributed by atoms with Gasteiger partial charge in [0, 0.05) is 42.3 Å². The molecule has 0 bridgehead atoms. The number of imidazole rings is 1. The zero-order valence-corrected chi connectivity index (χ0v) is 20.8. The van der Waals surface area contributed by atoms with E-state index in [1.54, 1.807) is 30.7 Å². The summed E-state index contributed by atoms with van der Waals surface area (Å²) >= 11 is 0. The van der Waals surface area contributed by atoms with E-state index < -0.39 is 5.82 Å². The second-order valence-electron chi connectivity index (χ2n) is 9.27. The van der Waals surface area contributed by atoms with Crippen LogP contribution in [0.15, 0.2) is 67.1 Å². The lowest BCUT2D eigenvalue weighted by Crippen LogP contribution is -2.20. The number of halogens is 2. The van der Waals surface area contributed by atoms with Crippen LogP contribution in [0.4, 0.5) is 14.5 Å². The monoisotopic (exact) mass is 510 g/mol. The predicted octanol–water partition coefficient (Wildman–Crippen LogP) is 5.48. The molecule has 8 nitrogen and oxygen atoms in total. The molecule has 10 heteroatoms. The number of anilines is 1. The zero-order chi connectivity index (χ0) is 26.2. The molecular formula is C28H24F2N8. The van der Waals surface area contributed by atoms with Crippen molar-refractivity contribution >= 4 is 27.6 Å². The Kier molecular flexibility index (Phi) is 6.01. The van der Waals surface area contributed by atoms with Gasteiger partial charge in [-0.25, -0.2) is 13.8 Å². The lowest BCUT2D eigenvalue weighted by atomic mass is 10.0. The number of likely N-dealkylation sites (N-methyl/N-ethyl adjacent to an activating group) is 1. The van der Waals surface area contributed by atoms with Crippen LogP contribution in [0.5, 0.6) is 0 Å². The van der Waals surface area contributed by atoms with Crippen molar-refractivity contribution in [2.24, 2.45) is 0 Å². The third-order valence-electron chi connectivity index (χ3n) is 6.31. The first-order valence-electron chi connectivity index (χ1n) is 12.1. The van der Waals surface area contributed by atoms with Crippen molar-refractivity contribution in [3.63, 3.8) is 0 Å². The van der Waals surface area contributed by atoms with Gasteiger partial charge < -0.3 is 15.2 Å². The highest BCUT2D eigenvalue weighted by molar-refractivity contribution is 5.98. The summed E-state index contributed by atoms with van der Waals surface area (Å²) in [6, 6.07) is 14.0. The maximum absolute atomic E-state index is 15.7. The maximum Gasteiger partial charge on any atom is 0.161 e. The summed E-state index contributed by atoms with van der Waals surface area (Å²) in [7, 11) is 3.97. The molecule has 0 fully saturated rings. The van der Waals surface area contributed by atoms with Crippen molar-refractivity contribution in [1.29, 1.82) is 0 Å². The van der Waals surface area contributed by atoms with Gasteiger partial charge in [0.05, 0.1) is 28.1 Å². The molecule has 2 aromatic carbocycles. The SMILES string of the molecule is CN(C)CCNc1cc(F)cc(-c2cccc3[nH]c(-c4n[nH]c5cnc(-c6cccnc6)c(F)c45)nc23)c1. The number of nitrogens with one attached hydrogen (secondary N) is 3. The number of hydrogen-bond acceptors (Lipinski definition) is 6. The first kappa shape index (κ1) is 23.7. The molecule has 190 valence electrons. The van der Waals surface area contributed by atoms with Crippen LogP contribution in [0, 0.1) is 11.6 Å². The summed E-state index contributed by atoms with van der Waals surface area (Å²) < 4.78 is 30.3. The molecule has 0 radical (unpaired) electrons. The Labute approximate surface area is 216 Å². The first-order valence-corrected chi connectivity index (χ1v) is 12.1. The standard InChI is InChI=1S/C28H24F2N8/c1-38(2)10-9-32-19-12-17(11-18(29)13-19)20-6-3-7-21-26(20)35-28(34-21)27-23-22(36-37-27)15-33-25(24(23)30)16-5-4-8-31-14-16/h3-8,11-15,32H,9-10H2,1-2H3,(H,34,35)(H,36,37). The molecule has 6 aromatic rings. The fraction of sp³-hybridized carbons (Fsp3) is 0.143. The summed E-state index contributed by atoms with van der Waals surface area (Å²) in [6.45, 7) is 1.50. The van der Waals surface area contributed by atoms with Gasteiger partial charge in [-0.1, -0.05) is 12.1 Å². The normalized spacial score (nSPS) is 11.6. The average Bonchev–Trinajstić information content (AvgIpc) is 3.53. The van der Waals surface area contributed by atoms with Gasteiger partial charge in [-0.05, 0) is 56.1 Å². The molecule has 4 aromatic heterocycles. The molecule has 6 rings (SSSR count). The van der Waals surface area contributed by atoms with Crippen LogP contribution >= 0.6 is 0 Å². The van der Waals surface area contributed by atoms with E-state index in [-0.39, 0.29) is 16.9 Å². The number of rotatable bonds is 7. The molecule has 0 amide bonds. The molecule has 0 saturated heterocycles. The van der Waals surface area contributed by atoms with Gasteiger partial charge in [-0.2, -0.15) is 5.10 Å². The van der Waals surface area contributed by atoms with Gasteiger partial charge in [-0.15, -0.1) is 0 Å². The molecule has 3 N–H and O–H groups in total. The Hall–Kier alpha value is -4.70. The number of nitrogens with zero attached hydrogens (tertiary/aromatic N) is 5. The Morgan fingerprint density at radius 1 is 0.947 bits per heavy atom. The van der Waals surface area contributed by atoms with Crippen LogP contribution in [0.3, 0.4) is 0 Å². The largest absolute Gasteiger partial charge is 0.384 e. The summed E-state index contributed by atoms with van der Waals surface area (Å²) in [5, 5.41) is 10.7. The lowest BCUT2D eigenvalue weighted by molar-refractivity contribution is 0.425. The average molecular weight is 511 g/mol. The molecule has 0 spiro atoms. The summed E-state index contributed by atoms with van der Waals surface area (Å²) in [5.74, 6) is -0.474. The van der Waals surface area contributed by atoms with Crippen molar-refractivity contribution in [2.45, 2.75) is 0 Å². The smallest absolute Gasteiger partial charge is 0.161 e. The number of pyridine rings is 2. The topological polar surface area (TPSA) is 98.4 Å². The Morgan fingerprint density at radius 3 is 2.66 bits per heavy atom. The van der Waals surface area contributed by atoms with Crippen molar-refractivity contribution in [3.05, 3.63) is 78.8 Å². The molecule has 0 aliphatic carbocycles. The summed E-state index contributed by atoms with van der Waals surface area (Å²) in [5.41, 5.74) is 4.99. The highest BCUT2D eigenvalue weighted by Gasteiger charge is 2.21. The number of benzene rings is 2. The number of H-pyrrole nitrogens is 2. The van der Waals surface area contributed by atoms with Crippen molar-refractivity contribution < 1.29 is 8.78 Å². The van der Waals surface area contributed by atoms with Gasteiger partial charge >= 0.3 is 0 Å². The van der Waals surface area contributed by atoms with E-state index in [1.807, 2.05) is 38.4 Å². The van der Waals surface area contributed by atoms with E-state index in [4.69, 9.17) is 4.98 Å². The number of para-hydroxylation sites is 1. The highest BCUT2D eigenvalue weighted by Crippen LogP contribution is 2.35. The molecule has 0 unspecified atom stereocenters. The van der Waals surface area contributed by atoms with Gasteiger partial charge in [0.2, 0.25) is 0 Å². The van der Waals surface area contributed by atoms with Crippen LogP contribution in [0.1, 0.15) is 0 Å². The lowest BCUT2D eigenvalue weighted by Gasteiger charge is -2.13. The van der Waals surface area contributed by atoms with Crippen LogP contribution in [0.25, 0.3) is 55.8 Å². The number of hydrogen-bond donors (Lipinski definition) is 3. The molecule has 0 aliphatic heterocycles. The third kappa shape index (κ3) is 4.35. The van der Waals surface area contributed by atoms with Gasteiger partial charge in [0.1, 0.15) is 17.2 Å². The minimum Gasteiger partial charge on any atom is -0.384 e. The van der Waals surface area contributed by atoms with Gasteiger partial charge in [-0.3, -0.25) is 15.1 Å². The van der Waals surface area contributed by atoms with E-state index >= 15 is 4.39 Å². The van der Waals surface area contributed by atoms with Crippen molar-refractivity contribution in [2.75, 3.05) is 32.5 Å². The van der Waals surface area contributed by atoms with Gasteiger partial charge in [0.25, 0.3) is 0 Å². The molecule has 0 atom stereocenters. The van der Waals surface area contributed by atoms with Gasteiger partial charge in [0.15, 0.2) is 11.6 Å². The Morgan fingerprint density at radius 2 is 1.84 bits per heavy atom. The molecular weight excluding hydrogens is 486 g/mol. The second-order valence-corrected chi connectivity index (χ2v) is 9.27. The maximum atomic E-state index is 15.7. The Bertz CT molecular complexity index is 1760. The van der Waals surface area contributed by atoms with Crippen LogP contribution < -0.4 is 5.32 Å². The summed E-state index contributed by atoms with van der Waals surface area (Å²) in [6.07, 6.45) is 4.73. The number of fused-ring (bicyclic) bond motifs is 2. The second kappa shape index (κ2) is 9.64. The van der Waals surface area contributed by atoms with Crippen LogP contribution in [-0.2, 0) is 0 Å². The molecule has 4 heterocycles.